The number of amides is 1. The molecule has 0 radical (unpaired) electrons. The van der Waals surface area contributed by atoms with Crippen LogP contribution in [0.3, 0.4) is 0 Å². The van der Waals surface area contributed by atoms with Gasteiger partial charge in [-0.3, -0.25) is 9.59 Å². The number of anilines is 1. The van der Waals surface area contributed by atoms with Crippen molar-refractivity contribution in [3.63, 3.8) is 0 Å². The van der Waals surface area contributed by atoms with E-state index < -0.39 is 0 Å². The molecule has 1 amide bonds. The third-order valence-corrected chi connectivity index (χ3v) is 6.21. The van der Waals surface area contributed by atoms with Gasteiger partial charge in [-0.25, -0.2) is 0 Å². The predicted molar refractivity (Wildman–Crippen MR) is 110 cm³/mol. The number of carbonyl (C=O) groups excluding carboxylic acids is 2. The first-order valence-corrected chi connectivity index (χ1v) is 10.7. The third-order valence-electron chi connectivity index (χ3n) is 6.21. The molecule has 2 heterocycles. The van der Waals surface area contributed by atoms with Gasteiger partial charge in [-0.05, 0) is 62.5 Å². The van der Waals surface area contributed by atoms with Crippen LogP contribution in [-0.4, -0.2) is 42.8 Å². The van der Waals surface area contributed by atoms with Crippen molar-refractivity contribution < 1.29 is 9.59 Å². The molecule has 0 bridgehead atoms. The fourth-order valence-electron chi connectivity index (χ4n) is 4.50. The summed E-state index contributed by atoms with van der Waals surface area (Å²) in [5.74, 6) is 1.01. The van der Waals surface area contributed by atoms with E-state index in [-0.39, 0.29) is 11.7 Å². The fraction of sp³-hybridized carbons (Fsp3) is 0.652. The Kier molecular flexibility index (Phi) is 6.92. The summed E-state index contributed by atoms with van der Waals surface area (Å²) in [5.41, 5.74) is 3.56. The Bertz CT molecular complexity index is 662. The number of hydrogen-bond acceptors (Lipinski definition) is 3. The maximum atomic E-state index is 12.8. The van der Waals surface area contributed by atoms with Crippen molar-refractivity contribution >= 4 is 17.4 Å². The third kappa shape index (κ3) is 5.12. The molecule has 1 saturated heterocycles. The van der Waals surface area contributed by atoms with E-state index in [1.165, 1.54) is 24.1 Å². The first-order chi connectivity index (χ1) is 13.1. The number of piperidine rings is 1. The highest BCUT2D eigenvalue weighted by atomic mass is 16.2. The number of ketones is 1. The summed E-state index contributed by atoms with van der Waals surface area (Å²) in [7, 11) is 0. The van der Waals surface area contributed by atoms with Crippen LogP contribution in [0, 0.1) is 5.92 Å². The minimum atomic E-state index is 0.172. The molecule has 0 aromatic heterocycles. The van der Waals surface area contributed by atoms with Crippen LogP contribution >= 0.6 is 0 Å². The van der Waals surface area contributed by atoms with Crippen LogP contribution in [0.4, 0.5) is 5.69 Å². The summed E-state index contributed by atoms with van der Waals surface area (Å²) < 4.78 is 0. The average molecular weight is 371 g/mol. The highest BCUT2D eigenvalue weighted by Crippen LogP contribution is 2.29. The number of rotatable bonds is 6. The molecule has 0 saturated carbocycles. The molecule has 27 heavy (non-hydrogen) atoms. The highest BCUT2D eigenvalue weighted by molar-refractivity contribution is 5.97. The maximum absolute atomic E-state index is 12.8. The Morgan fingerprint density at radius 1 is 1.11 bits per heavy atom. The largest absolute Gasteiger partial charge is 0.371 e. The van der Waals surface area contributed by atoms with Crippen LogP contribution in [0.25, 0.3) is 0 Å². The Balaban J connectivity index is 1.60. The lowest BCUT2D eigenvalue weighted by Crippen LogP contribution is -2.37. The topological polar surface area (TPSA) is 40.6 Å². The molecule has 148 valence electrons. The van der Waals surface area contributed by atoms with Gasteiger partial charge in [0.1, 0.15) is 0 Å². The van der Waals surface area contributed by atoms with E-state index in [4.69, 9.17) is 0 Å². The summed E-state index contributed by atoms with van der Waals surface area (Å²) in [6.07, 6.45) is 8.35. The van der Waals surface area contributed by atoms with Crippen LogP contribution in [0.2, 0.25) is 0 Å². The van der Waals surface area contributed by atoms with Crippen LogP contribution in [0.5, 0.6) is 0 Å². The van der Waals surface area contributed by atoms with E-state index in [1.54, 1.807) is 6.92 Å². The van der Waals surface area contributed by atoms with Crippen molar-refractivity contribution in [3.05, 3.63) is 29.3 Å². The Morgan fingerprint density at radius 3 is 2.59 bits per heavy atom. The normalized spacial score (nSPS) is 18.1. The van der Waals surface area contributed by atoms with E-state index >= 15 is 0 Å². The van der Waals surface area contributed by atoms with Gasteiger partial charge in [0.15, 0.2) is 5.78 Å². The van der Waals surface area contributed by atoms with Gasteiger partial charge in [0.25, 0.3) is 0 Å². The molecule has 4 nitrogen and oxygen atoms in total. The van der Waals surface area contributed by atoms with E-state index in [0.717, 1.165) is 63.8 Å². The van der Waals surface area contributed by atoms with Gasteiger partial charge < -0.3 is 9.80 Å². The zero-order chi connectivity index (χ0) is 19.2. The number of carbonyl (C=O) groups is 2. The Labute approximate surface area is 163 Å². The molecule has 4 heteroatoms. The van der Waals surface area contributed by atoms with Crippen LogP contribution in [0.1, 0.15) is 74.7 Å². The summed E-state index contributed by atoms with van der Waals surface area (Å²) in [6.45, 7) is 7.73. The number of Topliss-reactive ketones (excluding diaryl/α,β-unsaturated/α-hetero) is 1. The molecular weight excluding hydrogens is 336 g/mol. The fourth-order valence-corrected chi connectivity index (χ4v) is 4.50. The molecule has 0 unspecified atom stereocenters. The zero-order valence-electron chi connectivity index (χ0n) is 17.0. The molecule has 0 atom stereocenters. The predicted octanol–water partition coefficient (Wildman–Crippen LogP) is 4.46. The molecule has 0 spiro atoms. The summed E-state index contributed by atoms with van der Waals surface area (Å²) in [4.78, 5) is 28.6. The molecule has 1 aromatic carbocycles. The van der Waals surface area contributed by atoms with Crippen molar-refractivity contribution in [1.29, 1.82) is 0 Å². The van der Waals surface area contributed by atoms with Gasteiger partial charge in [0.2, 0.25) is 5.91 Å². The van der Waals surface area contributed by atoms with Gasteiger partial charge in [-0.2, -0.15) is 0 Å². The molecule has 1 aromatic rings. The van der Waals surface area contributed by atoms with E-state index in [0.29, 0.717) is 12.3 Å². The van der Waals surface area contributed by atoms with Crippen LogP contribution < -0.4 is 4.90 Å². The minimum Gasteiger partial charge on any atom is -0.371 e. The van der Waals surface area contributed by atoms with E-state index in [1.807, 2.05) is 11.0 Å². The smallest absolute Gasteiger partial charge is 0.219 e. The van der Waals surface area contributed by atoms with E-state index in [9.17, 15) is 9.59 Å². The van der Waals surface area contributed by atoms with Crippen molar-refractivity contribution in [2.24, 2.45) is 5.92 Å². The number of benzene rings is 1. The summed E-state index contributed by atoms with van der Waals surface area (Å²) >= 11 is 0. The molecule has 0 aliphatic carbocycles. The lowest BCUT2D eigenvalue weighted by Gasteiger charge is -2.31. The standard InChI is InChI=1S/C23H34N2O2/c1-3-13-25-14-5-4-6-20-8-9-21(17-22(20)25)23(27)10-7-19-11-15-24(16-12-19)18(2)26/h8-9,17,19H,3-7,10-16H2,1-2H3. The molecule has 0 N–H and O–H groups in total. The minimum absolute atomic E-state index is 0.172. The summed E-state index contributed by atoms with van der Waals surface area (Å²) in [6, 6.07) is 6.37. The number of fused-ring (bicyclic) bond motifs is 1. The maximum Gasteiger partial charge on any atom is 0.219 e. The van der Waals surface area contributed by atoms with Crippen LogP contribution in [-0.2, 0) is 11.2 Å². The van der Waals surface area contributed by atoms with Gasteiger partial charge in [-0.15, -0.1) is 0 Å². The molecule has 3 rings (SSSR count). The lowest BCUT2D eigenvalue weighted by molar-refractivity contribution is -0.130. The van der Waals surface area contributed by atoms with Gasteiger partial charge in [0, 0.05) is 50.8 Å². The lowest BCUT2D eigenvalue weighted by atomic mass is 9.90. The second-order valence-corrected chi connectivity index (χ2v) is 8.20. The number of nitrogens with zero attached hydrogens (tertiary/aromatic N) is 2. The Morgan fingerprint density at radius 2 is 1.89 bits per heavy atom. The number of likely N-dealkylation sites (tertiary alicyclic amines) is 1. The second kappa shape index (κ2) is 9.38. The average Bonchev–Trinajstić information content (AvgIpc) is 2.88. The molecule has 2 aliphatic rings. The van der Waals surface area contributed by atoms with Gasteiger partial charge >= 0.3 is 0 Å². The highest BCUT2D eigenvalue weighted by Gasteiger charge is 2.22. The van der Waals surface area contributed by atoms with Crippen LogP contribution in [0.15, 0.2) is 18.2 Å². The van der Waals surface area contributed by atoms with Crippen molar-refractivity contribution in [2.45, 2.75) is 65.2 Å². The van der Waals surface area contributed by atoms with E-state index in [2.05, 4.69) is 24.0 Å². The second-order valence-electron chi connectivity index (χ2n) is 8.20. The Hall–Kier alpha value is -1.84. The first kappa shape index (κ1) is 19.9. The van der Waals surface area contributed by atoms with Crippen molar-refractivity contribution in [3.8, 4) is 0 Å². The molecule has 1 fully saturated rings. The van der Waals surface area contributed by atoms with Gasteiger partial charge in [-0.1, -0.05) is 19.1 Å². The monoisotopic (exact) mass is 370 g/mol. The SMILES string of the molecule is CCCN1CCCCc2ccc(C(=O)CCC3CCN(C(C)=O)CC3)cc21. The first-order valence-electron chi connectivity index (χ1n) is 10.7. The number of hydrogen-bond donors (Lipinski definition) is 0. The quantitative estimate of drug-likeness (QED) is 0.694. The molecular formula is C23H34N2O2. The van der Waals surface area contributed by atoms with Crippen molar-refractivity contribution in [1.82, 2.24) is 4.90 Å². The summed E-state index contributed by atoms with van der Waals surface area (Å²) in [5, 5.41) is 0. The van der Waals surface area contributed by atoms with Crippen molar-refractivity contribution in [2.75, 3.05) is 31.1 Å². The number of aryl methyl sites for hydroxylation is 1. The molecule has 2 aliphatic heterocycles. The zero-order valence-corrected chi connectivity index (χ0v) is 17.0. The van der Waals surface area contributed by atoms with Gasteiger partial charge in [0.05, 0.1) is 0 Å².